The van der Waals surface area contributed by atoms with Gasteiger partial charge in [0.15, 0.2) is 17.4 Å². The van der Waals surface area contributed by atoms with Crippen LogP contribution in [0.2, 0.25) is 0 Å². The number of benzene rings is 1. The third-order valence-electron chi connectivity index (χ3n) is 3.35. The van der Waals surface area contributed by atoms with Gasteiger partial charge in [-0.1, -0.05) is 0 Å². The zero-order valence-electron chi connectivity index (χ0n) is 11.2. The van der Waals surface area contributed by atoms with Crippen LogP contribution in [0.15, 0.2) is 23.0 Å². The van der Waals surface area contributed by atoms with Crippen LogP contribution < -0.4 is 5.43 Å². The Kier molecular flexibility index (Phi) is 2.79. The zero-order valence-corrected chi connectivity index (χ0v) is 11.2. The maximum Gasteiger partial charge on any atom is 0.235 e. The molecule has 3 aromatic rings. The van der Waals surface area contributed by atoms with E-state index in [-0.39, 0.29) is 16.6 Å². The summed E-state index contributed by atoms with van der Waals surface area (Å²) in [6.07, 6.45) is 0. The molecule has 0 bridgehead atoms. The number of aryl methyl sites for hydroxylation is 2. The van der Waals surface area contributed by atoms with E-state index in [0.717, 1.165) is 12.1 Å². The summed E-state index contributed by atoms with van der Waals surface area (Å²) in [5.41, 5.74) is 0.462. The van der Waals surface area contributed by atoms with E-state index in [2.05, 4.69) is 10.1 Å². The van der Waals surface area contributed by atoms with E-state index in [1.807, 2.05) is 0 Å². The van der Waals surface area contributed by atoms with Gasteiger partial charge in [-0.3, -0.25) is 9.48 Å². The fraction of sp³-hybridized carbons (Fsp3) is 0.143. The molecule has 7 heteroatoms. The molecule has 108 valence electrons. The molecule has 1 aromatic carbocycles. The molecule has 0 aliphatic rings. The topological polar surface area (TPSA) is 70.9 Å². The molecule has 3 rings (SSSR count). The minimum Gasteiger partial charge on any atom is -0.503 e. The molecule has 0 spiro atoms. The molecular weight excluding hydrogens is 280 g/mol. The predicted molar refractivity (Wildman–Crippen MR) is 73.1 cm³/mol. The average Bonchev–Trinajstić information content (AvgIpc) is 2.72. The van der Waals surface area contributed by atoms with Crippen molar-refractivity contribution in [3.8, 4) is 17.0 Å². The highest BCUT2D eigenvalue weighted by Crippen LogP contribution is 2.28. The summed E-state index contributed by atoms with van der Waals surface area (Å²) in [6, 6.07) is 3.12. The first kappa shape index (κ1) is 13.3. The highest BCUT2D eigenvalue weighted by molar-refractivity contribution is 5.84. The van der Waals surface area contributed by atoms with Gasteiger partial charge in [0.25, 0.3) is 0 Å². The Labute approximate surface area is 117 Å². The number of nitrogens with one attached hydrogen (secondary N) is 1. The van der Waals surface area contributed by atoms with Crippen LogP contribution in [0.1, 0.15) is 5.69 Å². The lowest BCUT2D eigenvalue weighted by molar-refractivity contribution is 0.471. The summed E-state index contributed by atoms with van der Waals surface area (Å²) in [5, 5.41) is 14.4. The first-order valence-electron chi connectivity index (χ1n) is 6.14. The van der Waals surface area contributed by atoms with E-state index in [1.54, 1.807) is 14.0 Å². The van der Waals surface area contributed by atoms with Gasteiger partial charge in [0, 0.05) is 12.6 Å². The van der Waals surface area contributed by atoms with Crippen molar-refractivity contribution in [1.82, 2.24) is 14.8 Å². The second kappa shape index (κ2) is 4.41. The van der Waals surface area contributed by atoms with Crippen LogP contribution >= 0.6 is 0 Å². The number of aromatic hydroxyl groups is 1. The van der Waals surface area contributed by atoms with Gasteiger partial charge in [-0.25, -0.2) is 8.78 Å². The second-order valence-electron chi connectivity index (χ2n) is 4.74. The Balaban J connectivity index is 2.38. The molecule has 0 atom stereocenters. The Morgan fingerprint density at radius 3 is 2.67 bits per heavy atom. The minimum atomic E-state index is -1.06. The van der Waals surface area contributed by atoms with Crippen LogP contribution in [0.3, 0.4) is 0 Å². The minimum absolute atomic E-state index is 0.0226. The van der Waals surface area contributed by atoms with E-state index in [1.165, 1.54) is 10.7 Å². The second-order valence-corrected chi connectivity index (χ2v) is 4.74. The monoisotopic (exact) mass is 291 g/mol. The number of aromatic amines is 1. The normalized spacial score (nSPS) is 11.2. The number of aromatic nitrogens is 3. The number of H-pyrrole nitrogens is 1. The van der Waals surface area contributed by atoms with Crippen molar-refractivity contribution >= 4 is 11.0 Å². The number of nitrogens with zero attached hydrogens (tertiary/aromatic N) is 2. The molecule has 2 heterocycles. The molecule has 0 saturated carbocycles. The summed E-state index contributed by atoms with van der Waals surface area (Å²) in [7, 11) is 1.64. The van der Waals surface area contributed by atoms with E-state index < -0.39 is 22.8 Å². The van der Waals surface area contributed by atoms with Crippen molar-refractivity contribution in [2.24, 2.45) is 7.05 Å². The molecule has 21 heavy (non-hydrogen) atoms. The van der Waals surface area contributed by atoms with Crippen LogP contribution in [-0.4, -0.2) is 19.9 Å². The number of hydrogen-bond acceptors (Lipinski definition) is 3. The number of fused-ring (bicyclic) bond motifs is 1. The van der Waals surface area contributed by atoms with E-state index in [9.17, 15) is 18.7 Å². The molecule has 0 unspecified atom stereocenters. The molecular formula is C14H11F2N3O2. The summed E-state index contributed by atoms with van der Waals surface area (Å²) in [6.45, 7) is 1.65. The zero-order chi connectivity index (χ0) is 15.3. The lowest BCUT2D eigenvalue weighted by Crippen LogP contribution is -2.06. The number of pyridine rings is 1. The first-order chi connectivity index (χ1) is 9.90. The van der Waals surface area contributed by atoms with Crippen LogP contribution in [0.25, 0.3) is 22.3 Å². The van der Waals surface area contributed by atoms with Crippen LogP contribution in [0, 0.1) is 18.6 Å². The van der Waals surface area contributed by atoms with Gasteiger partial charge in [0.05, 0.1) is 16.8 Å². The Hall–Kier alpha value is -2.70. The first-order valence-corrected chi connectivity index (χ1v) is 6.14. The van der Waals surface area contributed by atoms with Crippen molar-refractivity contribution in [3.63, 3.8) is 0 Å². The molecule has 0 aliphatic carbocycles. The van der Waals surface area contributed by atoms with Crippen molar-refractivity contribution in [1.29, 1.82) is 0 Å². The van der Waals surface area contributed by atoms with Crippen molar-refractivity contribution in [2.45, 2.75) is 6.92 Å². The molecule has 0 amide bonds. The lowest BCUT2D eigenvalue weighted by atomic mass is 10.1. The maximum atomic E-state index is 13.3. The van der Waals surface area contributed by atoms with Crippen molar-refractivity contribution in [3.05, 3.63) is 45.8 Å². The van der Waals surface area contributed by atoms with Crippen LogP contribution in [-0.2, 0) is 7.05 Å². The van der Waals surface area contributed by atoms with Crippen molar-refractivity contribution in [2.75, 3.05) is 0 Å². The highest BCUT2D eigenvalue weighted by Gasteiger charge is 2.18. The molecule has 0 radical (unpaired) electrons. The van der Waals surface area contributed by atoms with E-state index in [4.69, 9.17) is 0 Å². The van der Waals surface area contributed by atoms with Gasteiger partial charge in [0.2, 0.25) is 5.43 Å². The molecule has 5 nitrogen and oxygen atoms in total. The maximum absolute atomic E-state index is 13.3. The number of halogens is 2. The quantitative estimate of drug-likeness (QED) is 0.722. The van der Waals surface area contributed by atoms with E-state index >= 15 is 0 Å². The fourth-order valence-corrected chi connectivity index (χ4v) is 2.34. The van der Waals surface area contributed by atoms with Gasteiger partial charge in [-0.2, -0.15) is 5.10 Å². The smallest absolute Gasteiger partial charge is 0.235 e. The highest BCUT2D eigenvalue weighted by atomic mass is 19.2. The van der Waals surface area contributed by atoms with Crippen LogP contribution in [0.4, 0.5) is 8.78 Å². The molecule has 0 fully saturated rings. The van der Waals surface area contributed by atoms with Gasteiger partial charge < -0.3 is 10.1 Å². The number of hydrogen-bond donors (Lipinski definition) is 2. The predicted octanol–water partition coefficient (Wildman–Crippen LogP) is 2.22. The summed E-state index contributed by atoms with van der Waals surface area (Å²) >= 11 is 0. The van der Waals surface area contributed by atoms with Crippen LogP contribution in [0.5, 0.6) is 5.75 Å². The summed E-state index contributed by atoms with van der Waals surface area (Å²) < 4.78 is 27.8. The number of rotatable bonds is 1. The van der Waals surface area contributed by atoms with Gasteiger partial charge in [0.1, 0.15) is 5.65 Å². The summed E-state index contributed by atoms with van der Waals surface area (Å²) in [4.78, 5) is 15.1. The molecule has 0 aliphatic heterocycles. The fourth-order valence-electron chi connectivity index (χ4n) is 2.34. The third-order valence-corrected chi connectivity index (χ3v) is 3.35. The third kappa shape index (κ3) is 1.89. The lowest BCUT2D eigenvalue weighted by Gasteiger charge is -2.06. The Morgan fingerprint density at radius 1 is 1.29 bits per heavy atom. The van der Waals surface area contributed by atoms with Crippen molar-refractivity contribution < 1.29 is 13.9 Å². The average molecular weight is 291 g/mol. The van der Waals surface area contributed by atoms with Gasteiger partial charge in [-0.05, 0) is 25.1 Å². The van der Waals surface area contributed by atoms with Gasteiger partial charge >= 0.3 is 0 Å². The van der Waals surface area contributed by atoms with Gasteiger partial charge in [-0.15, -0.1) is 0 Å². The molecule has 0 saturated heterocycles. The molecule has 2 N–H and O–H groups in total. The largest absolute Gasteiger partial charge is 0.503 e. The Bertz CT molecular complexity index is 928. The SMILES string of the molecule is Cc1nn(C)c2[nH]c(-c3ccc(F)c(F)c3)c(O)c(=O)c12. The standard InChI is InChI=1S/C14H11F2N3O2/c1-6-10-12(20)13(21)11(17-14(10)19(2)18-6)7-3-4-8(15)9(16)5-7/h3-5,21H,1-2H3,(H,17,20). The summed E-state index contributed by atoms with van der Waals surface area (Å²) in [5.74, 6) is -2.61. The Morgan fingerprint density at radius 2 is 2.00 bits per heavy atom. The van der Waals surface area contributed by atoms with E-state index in [0.29, 0.717) is 11.3 Å². The molecule has 2 aromatic heterocycles.